The van der Waals surface area contributed by atoms with Gasteiger partial charge in [-0.05, 0) is 32.0 Å². The first-order chi connectivity index (χ1) is 13.3. The summed E-state index contributed by atoms with van der Waals surface area (Å²) in [5.74, 6) is -0.160. The third-order valence-electron chi connectivity index (χ3n) is 4.44. The second-order valence-electron chi connectivity index (χ2n) is 7.01. The van der Waals surface area contributed by atoms with Gasteiger partial charge in [0, 0.05) is 16.5 Å². The molecule has 0 unspecified atom stereocenters. The summed E-state index contributed by atoms with van der Waals surface area (Å²) >= 11 is 6.39. The van der Waals surface area contributed by atoms with Gasteiger partial charge >= 0.3 is 0 Å². The van der Waals surface area contributed by atoms with Crippen LogP contribution in [0.5, 0.6) is 0 Å². The number of hydrogen-bond acceptors (Lipinski definition) is 3. The largest absolute Gasteiger partial charge is 0.310 e. The van der Waals surface area contributed by atoms with Gasteiger partial charge in [-0.1, -0.05) is 61.3 Å². The van der Waals surface area contributed by atoms with Gasteiger partial charge in [-0.25, -0.2) is 4.68 Å². The van der Waals surface area contributed by atoms with E-state index in [0.29, 0.717) is 27.7 Å². The maximum Gasteiger partial charge on any atom is 0.228 e. The van der Waals surface area contributed by atoms with Gasteiger partial charge in [-0.3, -0.25) is 9.59 Å². The molecule has 1 N–H and O–H groups in total. The van der Waals surface area contributed by atoms with Gasteiger partial charge < -0.3 is 5.32 Å². The van der Waals surface area contributed by atoms with Crippen LogP contribution in [-0.2, 0) is 4.79 Å². The Hall–Kier alpha value is -2.92. The lowest BCUT2D eigenvalue weighted by atomic mass is 10.0. The second kappa shape index (κ2) is 7.98. The van der Waals surface area contributed by atoms with Crippen LogP contribution in [0.25, 0.3) is 16.8 Å². The monoisotopic (exact) mass is 395 g/mol. The highest BCUT2D eigenvalue weighted by Crippen LogP contribution is 2.32. The van der Waals surface area contributed by atoms with Crippen molar-refractivity contribution in [3.63, 3.8) is 0 Å². The lowest BCUT2D eigenvalue weighted by Crippen LogP contribution is -2.27. The van der Waals surface area contributed by atoms with Crippen molar-refractivity contribution in [2.45, 2.75) is 27.7 Å². The molecule has 5 nitrogen and oxygen atoms in total. The molecule has 1 aromatic heterocycles. The van der Waals surface area contributed by atoms with E-state index in [1.807, 2.05) is 31.2 Å². The molecule has 0 aliphatic heterocycles. The fourth-order valence-corrected chi connectivity index (χ4v) is 3.03. The third-order valence-corrected chi connectivity index (χ3v) is 4.77. The quantitative estimate of drug-likeness (QED) is 0.692. The predicted molar refractivity (Wildman–Crippen MR) is 113 cm³/mol. The molecule has 3 rings (SSSR count). The van der Waals surface area contributed by atoms with Crippen LogP contribution in [0.4, 0.5) is 5.82 Å². The Morgan fingerprint density at radius 1 is 1.07 bits per heavy atom. The number of carbonyl (C=O) groups is 1. The first-order valence-electron chi connectivity index (χ1n) is 9.06. The van der Waals surface area contributed by atoms with E-state index in [-0.39, 0.29) is 17.3 Å². The van der Waals surface area contributed by atoms with Crippen LogP contribution >= 0.6 is 11.6 Å². The Morgan fingerprint density at radius 3 is 2.32 bits per heavy atom. The minimum absolute atomic E-state index is 0.209. The standard InChI is InChI=1S/C22H22ClN3O2/c1-13(2)22(28)24-21-19(17-7-5-6-8-18(17)23)20(27)15(4)25-26(21)16-11-9-14(3)10-12-16/h5-13H,1-4H3,(H,24,28). The molecule has 6 heteroatoms. The van der Waals surface area contributed by atoms with Crippen LogP contribution in [0.2, 0.25) is 5.02 Å². The van der Waals surface area contributed by atoms with E-state index in [1.54, 1.807) is 49.7 Å². The number of carbonyl (C=O) groups excluding carboxylic acids is 1. The fraction of sp³-hybridized carbons (Fsp3) is 0.227. The van der Waals surface area contributed by atoms with Crippen molar-refractivity contribution in [1.82, 2.24) is 9.78 Å². The van der Waals surface area contributed by atoms with Gasteiger partial charge in [-0.2, -0.15) is 5.10 Å². The Labute approximate surface area is 169 Å². The molecule has 1 amide bonds. The maximum atomic E-state index is 13.0. The smallest absolute Gasteiger partial charge is 0.228 e. The van der Waals surface area contributed by atoms with Crippen molar-refractivity contribution in [2.24, 2.45) is 5.92 Å². The van der Waals surface area contributed by atoms with E-state index in [4.69, 9.17) is 11.6 Å². The molecule has 0 saturated heterocycles. The Kier molecular flexibility index (Phi) is 5.66. The molecule has 0 spiro atoms. The summed E-state index contributed by atoms with van der Waals surface area (Å²) in [6.07, 6.45) is 0. The SMILES string of the molecule is Cc1ccc(-n2nc(C)c(=O)c(-c3ccccc3Cl)c2NC(=O)C(C)C)cc1. The Balaban J connectivity index is 2.37. The van der Waals surface area contributed by atoms with Gasteiger partial charge in [-0.15, -0.1) is 0 Å². The zero-order valence-corrected chi connectivity index (χ0v) is 17.0. The molecule has 28 heavy (non-hydrogen) atoms. The molecular formula is C22H22ClN3O2. The molecule has 144 valence electrons. The molecule has 1 heterocycles. The van der Waals surface area contributed by atoms with Gasteiger partial charge in [0.15, 0.2) is 0 Å². The highest BCUT2D eigenvalue weighted by Gasteiger charge is 2.22. The van der Waals surface area contributed by atoms with E-state index in [0.717, 1.165) is 11.3 Å². The molecule has 2 aromatic carbocycles. The number of aryl methyl sites for hydroxylation is 2. The van der Waals surface area contributed by atoms with E-state index < -0.39 is 0 Å². The molecule has 0 saturated carbocycles. The summed E-state index contributed by atoms with van der Waals surface area (Å²) in [6, 6.07) is 14.8. The highest BCUT2D eigenvalue weighted by atomic mass is 35.5. The minimum atomic E-state index is -0.268. The molecular weight excluding hydrogens is 374 g/mol. The number of hydrogen-bond donors (Lipinski definition) is 1. The first-order valence-corrected chi connectivity index (χ1v) is 9.44. The summed E-state index contributed by atoms with van der Waals surface area (Å²) in [7, 11) is 0. The lowest BCUT2D eigenvalue weighted by molar-refractivity contribution is -0.118. The van der Waals surface area contributed by atoms with Crippen molar-refractivity contribution < 1.29 is 4.79 Å². The van der Waals surface area contributed by atoms with Crippen molar-refractivity contribution in [3.8, 4) is 16.8 Å². The van der Waals surface area contributed by atoms with Crippen molar-refractivity contribution in [1.29, 1.82) is 0 Å². The lowest BCUT2D eigenvalue weighted by Gasteiger charge is -2.19. The van der Waals surface area contributed by atoms with Gasteiger partial charge in [0.05, 0.1) is 11.3 Å². The van der Waals surface area contributed by atoms with E-state index >= 15 is 0 Å². The van der Waals surface area contributed by atoms with Crippen LogP contribution in [0.1, 0.15) is 25.1 Å². The second-order valence-corrected chi connectivity index (χ2v) is 7.42. The topological polar surface area (TPSA) is 64.0 Å². The van der Waals surface area contributed by atoms with Crippen LogP contribution in [0.15, 0.2) is 53.3 Å². The van der Waals surface area contributed by atoms with Crippen LogP contribution in [0, 0.1) is 19.8 Å². The number of halogens is 1. The molecule has 3 aromatic rings. The molecule has 0 bridgehead atoms. The number of nitrogens with zero attached hydrogens (tertiary/aromatic N) is 2. The molecule has 0 radical (unpaired) electrons. The zero-order chi connectivity index (χ0) is 20.4. The Bertz CT molecular complexity index is 1090. The first kappa shape index (κ1) is 19.8. The van der Waals surface area contributed by atoms with Crippen molar-refractivity contribution in [3.05, 3.63) is 75.0 Å². The predicted octanol–water partition coefficient (Wildman–Crippen LogP) is 4.76. The summed E-state index contributed by atoms with van der Waals surface area (Å²) in [4.78, 5) is 25.6. The zero-order valence-electron chi connectivity index (χ0n) is 16.3. The van der Waals surface area contributed by atoms with E-state index in [2.05, 4.69) is 10.4 Å². The summed E-state index contributed by atoms with van der Waals surface area (Å²) in [5, 5.41) is 7.77. The Morgan fingerprint density at radius 2 is 1.71 bits per heavy atom. The van der Waals surface area contributed by atoms with E-state index in [9.17, 15) is 9.59 Å². The fourth-order valence-electron chi connectivity index (χ4n) is 2.80. The van der Waals surface area contributed by atoms with Gasteiger partial charge in [0.1, 0.15) is 11.5 Å². The molecule has 0 fully saturated rings. The average molecular weight is 396 g/mol. The molecule has 0 atom stereocenters. The number of rotatable bonds is 4. The number of amides is 1. The average Bonchev–Trinajstić information content (AvgIpc) is 2.66. The van der Waals surface area contributed by atoms with Gasteiger partial charge in [0.2, 0.25) is 11.3 Å². The number of aromatic nitrogens is 2. The summed E-state index contributed by atoms with van der Waals surface area (Å²) in [5.41, 5.74) is 2.77. The van der Waals surface area contributed by atoms with E-state index in [1.165, 1.54) is 0 Å². The summed E-state index contributed by atoms with van der Waals surface area (Å²) < 4.78 is 1.59. The van der Waals surface area contributed by atoms with Crippen LogP contribution < -0.4 is 10.7 Å². The normalized spacial score (nSPS) is 10.9. The number of nitrogens with one attached hydrogen (secondary N) is 1. The van der Waals surface area contributed by atoms with Crippen LogP contribution in [-0.4, -0.2) is 15.7 Å². The molecule has 0 aliphatic rings. The summed E-state index contributed by atoms with van der Waals surface area (Å²) in [6.45, 7) is 7.23. The number of anilines is 1. The van der Waals surface area contributed by atoms with Crippen LogP contribution in [0.3, 0.4) is 0 Å². The van der Waals surface area contributed by atoms with Gasteiger partial charge in [0.25, 0.3) is 0 Å². The maximum absolute atomic E-state index is 13.0. The number of benzene rings is 2. The highest BCUT2D eigenvalue weighted by molar-refractivity contribution is 6.33. The third kappa shape index (κ3) is 3.85. The van der Waals surface area contributed by atoms with Crippen molar-refractivity contribution >= 4 is 23.3 Å². The minimum Gasteiger partial charge on any atom is -0.310 e. The molecule has 0 aliphatic carbocycles. The van der Waals surface area contributed by atoms with Crippen molar-refractivity contribution in [2.75, 3.05) is 5.32 Å².